The van der Waals surface area contributed by atoms with Crippen LogP contribution in [0, 0.1) is 13.8 Å². The minimum atomic E-state index is -0.377. The molecule has 9 heteroatoms. The number of rotatable bonds is 9. The first-order valence-electron chi connectivity index (χ1n) is 10.3. The number of anilines is 1. The molecule has 0 radical (unpaired) electrons. The third-order valence-electron chi connectivity index (χ3n) is 4.96. The van der Waals surface area contributed by atoms with Crippen molar-refractivity contribution in [3.63, 3.8) is 0 Å². The number of ether oxygens (including phenoxy) is 1. The molecule has 3 N–H and O–H groups in total. The fourth-order valence-electron chi connectivity index (χ4n) is 3.06. The number of carbonyl (C=O) groups excluding carboxylic acids is 2. The van der Waals surface area contributed by atoms with Gasteiger partial charge in [0, 0.05) is 18.3 Å². The van der Waals surface area contributed by atoms with Crippen LogP contribution in [0.15, 0.2) is 58.5 Å². The number of thioether (sulfide) groups is 1. The normalized spacial score (nSPS) is 10.5. The number of amides is 2. The fraction of sp³-hybridized carbons (Fsp3) is 0.250. The quantitative estimate of drug-likeness (QED) is 0.330. The zero-order valence-corrected chi connectivity index (χ0v) is 19.5. The summed E-state index contributed by atoms with van der Waals surface area (Å²) in [7, 11) is 1.58. The zero-order valence-electron chi connectivity index (χ0n) is 18.7. The predicted molar refractivity (Wildman–Crippen MR) is 129 cm³/mol. The summed E-state index contributed by atoms with van der Waals surface area (Å²) in [6.07, 6.45) is -0.0455. The van der Waals surface area contributed by atoms with Crippen molar-refractivity contribution >= 4 is 29.3 Å². The summed E-state index contributed by atoms with van der Waals surface area (Å²) in [5, 5.41) is 5.96. The lowest BCUT2D eigenvalue weighted by Crippen LogP contribution is -2.26. The van der Waals surface area contributed by atoms with E-state index in [4.69, 9.17) is 4.74 Å². The Hall–Kier alpha value is -3.59. The largest absolute Gasteiger partial charge is 0.497 e. The highest BCUT2D eigenvalue weighted by Crippen LogP contribution is 2.19. The Bertz CT molecular complexity index is 1210. The number of aromatic amines is 1. The lowest BCUT2D eigenvalue weighted by Gasteiger charge is -2.10. The van der Waals surface area contributed by atoms with Gasteiger partial charge in [0.2, 0.25) is 11.8 Å². The van der Waals surface area contributed by atoms with Gasteiger partial charge in [-0.15, -0.1) is 0 Å². The van der Waals surface area contributed by atoms with Gasteiger partial charge in [0.25, 0.3) is 5.56 Å². The zero-order chi connectivity index (χ0) is 23.8. The van der Waals surface area contributed by atoms with Gasteiger partial charge < -0.3 is 20.4 Å². The number of carbonyl (C=O) groups is 2. The van der Waals surface area contributed by atoms with Crippen molar-refractivity contribution in [3.8, 4) is 5.75 Å². The summed E-state index contributed by atoms with van der Waals surface area (Å²) in [5.74, 6) is 0.306. The smallest absolute Gasteiger partial charge is 0.251 e. The Morgan fingerprint density at radius 1 is 1.09 bits per heavy atom. The van der Waals surface area contributed by atoms with Crippen LogP contribution in [-0.4, -0.2) is 34.6 Å². The van der Waals surface area contributed by atoms with E-state index in [0.29, 0.717) is 18.0 Å². The highest BCUT2D eigenvalue weighted by Gasteiger charge is 2.11. The number of aromatic nitrogens is 2. The molecule has 0 unspecified atom stereocenters. The second-order valence-electron chi connectivity index (χ2n) is 7.43. The van der Waals surface area contributed by atoms with Crippen LogP contribution in [0.1, 0.15) is 22.4 Å². The highest BCUT2D eigenvalue weighted by atomic mass is 32.2. The Kier molecular flexibility index (Phi) is 8.26. The molecule has 0 saturated carbocycles. The minimum absolute atomic E-state index is 0.0455. The van der Waals surface area contributed by atoms with Crippen LogP contribution >= 0.6 is 11.8 Å². The molecule has 172 valence electrons. The van der Waals surface area contributed by atoms with Gasteiger partial charge in [-0.1, -0.05) is 36.0 Å². The predicted octanol–water partition coefficient (Wildman–Crippen LogP) is 2.99. The molecular weight excluding hydrogens is 440 g/mol. The summed E-state index contributed by atoms with van der Waals surface area (Å²) in [6.45, 7) is 4.26. The Morgan fingerprint density at radius 2 is 1.88 bits per heavy atom. The average Bonchev–Trinajstić information content (AvgIpc) is 2.79. The third kappa shape index (κ3) is 7.21. The van der Waals surface area contributed by atoms with E-state index < -0.39 is 0 Å². The van der Waals surface area contributed by atoms with Gasteiger partial charge in [0.15, 0.2) is 5.16 Å². The Labute approximate surface area is 196 Å². The molecular formula is C24H26N4O4S. The number of aryl methyl sites for hydroxylation is 1. The maximum absolute atomic E-state index is 12.3. The van der Waals surface area contributed by atoms with Crippen molar-refractivity contribution in [3.05, 3.63) is 81.3 Å². The number of nitrogens with one attached hydrogen (secondary N) is 3. The monoisotopic (exact) mass is 466 g/mol. The minimum Gasteiger partial charge on any atom is -0.497 e. The number of benzene rings is 2. The van der Waals surface area contributed by atoms with E-state index in [1.165, 1.54) is 6.07 Å². The Morgan fingerprint density at radius 3 is 2.67 bits per heavy atom. The van der Waals surface area contributed by atoms with E-state index in [1.54, 1.807) is 7.11 Å². The highest BCUT2D eigenvalue weighted by molar-refractivity contribution is 7.99. The molecule has 0 aliphatic carbocycles. The summed E-state index contributed by atoms with van der Waals surface area (Å²) in [4.78, 5) is 43.6. The van der Waals surface area contributed by atoms with Crippen molar-refractivity contribution in [2.75, 3.05) is 18.2 Å². The lowest BCUT2D eigenvalue weighted by atomic mass is 10.1. The van der Waals surface area contributed by atoms with E-state index in [9.17, 15) is 14.4 Å². The first-order valence-corrected chi connectivity index (χ1v) is 11.3. The van der Waals surface area contributed by atoms with Gasteiger partial charge in [-0.25, -0.2) is 4.98 Å². The maximum Gasteiger partial charge on any atom is 0.251 e. The standard InChI is InChI=1S/C24H26N4O4S/c1-15-6-4-9-20(16(15)2)27-23(31)14-33-24-26-18(12-22(30)28-24)11-21(29)25-13-17-7-5-8-19(10-17)32-3/h4-10,12H,11,13-14H2,1-3H3,(H,25,29)(H,27,31)(H,26,28,30). The van der Waals surface area contributed by atoms with E-state index in [0.717, 1.165) is 34.1 Å². The SMILES string of the molecule is COc1cccc(CNC(=O)Cc2cc(=O)[nH]c(SCC(=O)Nc3cccc(C)c3C)n2)c1. The number of hydrogen-bond donors (Lipinski definition) is 3. The van der Waals surface area contributed by atoms with Gasteiger partial charge in [0.05, 0.1) is 25.0 Å². The molecule has 0 aliphatic heterocycles. The van der Waals surface area contributed by atoms with Crippen LogP contribution in [0.25, 0.3) is 0 Å². The van der Waals surface area contributed by atoms with Crippen molar-refractivity contribution < 1.29 is 14.3 Å². The van der Waals surface area contributed by atoms with Gasteiger partial charge in [-0.2, -0.15) is 0 Å². The first-order chi connectivity index (χ1) is 15.8. The number of hydrogen-bond acceptors (Lipinski definition) is 6. The molecule has 2 aromatic carbocycles. The van der Waals surface area contributed by atoms with Gasteiger partial charge in [0.1, 0.15) is 5.75 Å². The summed E-state index contributed by atoms with van der Waals surface area (Å²) in [5.41, 5.74) is 3.70. The van der Waals surface area contributed by atoms with Crippen molar-refractivity contribution in [1.29, 1.82) is 0 Å². The number of H-pyrrole nitrogens is 1. The molecule has 3 aromatic rings. The molecule has 33 heavy (non-hydrogen) atoms. The average molecular weight is 467 g/mol. The third-order valence-corrected chi connectivity index (χ3v) is 5.83. The maximum atomic E-state index is 12.3. The van der Waals surface area contributed by atoms with E-state index in [-0.39, 0.29) is 34.7 Å². The summed E-state index contributed by atoms with van der Waals surface area (Å²) >= 11 is 1.10. The van der Waals surface area contributed by atoms with E-state index in [2.05, 4.69) is 20.6 Å². The molecule has 0 spiro atoms. The van der Waals surface area contributed by atoms with Crippen molar-refractivity contribution in [2.45, 2.75) is 32.0 Å². The van der Waals surface area contributed by atoms with Crippen LogP contribution in [0.5, 0.6) is 5.75 Å². The van der Waals surface area contributed by atoms with Crippen LogP contribution in [0.2, 0.25) is 0 Å². The van der Waals surface area contributed by atoms with Crippen molar-refractivity contribution in [2.24, 2.45) is 0 Å². The topological polar surface area (TPSA) is 113 Å². The van der Waals surface area contributed by atoms with Crippen LogP contribution in [-0.2, 0) is 22.6 Å². The van der Waals surface area contributed by atoms with Crippen LogP contribution in [0.4, 0.5) is 5.69 Å². The first kappa shape index (κ1) is 24.1. The van der Waals surface area contributed by atoms with Crippen LogP contribution < -0.4 is 20.9 Å². The van der Waals surface area contributed by atoms with Gasteiger partial charge in [-0.3, -0.25) is 14.4 Å². The molecule has 8 nitrogen and oxygen atoms in total. The second-order valence-corrected chi connectivity index (χ2v) is 8.40. The lowest BCUT2D eigenvalue weighted by molar-refractivity contribution is -0.120. The molecule has 1 aromatic heterocycles. The summed E-state index contributed by atoms with van der Waals surface area (Å²) in [6, 6.07) is 14.4. The number of nitrogens with zero attached hydrogens (tertiary/aromatic N) is 1. The molecule has 1 heterocycles. The summed E-state index contributed by atoms with van der Waals surface area (Å²) < 4.78 is 5.18. The molecule has 3 rings (SSSR count). The molecule has 0 bridgehead atoms. The van der Waals surface area contributed by atoms with E-state index in [1.807, 2.05) is 56.3 Å². The molecule has 2 amide bonds. The second kappa shape index (κ2) is 11.3. The van der Waals surface area contributed by atoms with Gasteiger partial charge >= 0.3 is 0 Å². The molecule has 0 saturated heterocycles. The van der Waals surface area contributed by atoms with E-state index >= 15 is 0 Å². The molecule has 0 aliphatic rings. The van der Waals surface area contributed by atoms with Gasteiger partial charge in [-0.05, 0) is 48.7 Å². The number of methoxy groups -OCH3 is 1. The molecule has 0 atom stereocenters. The van der Waals surface area contributed by atoms with Crippen LogP contribution in [0.3, 0.4) is 0 Å². The Balaban J connectivity index is 1.55. The van der Waals surface area contributed by atoms with Crippen molar-refractivity contribution in [1.82, 2.24) is 15.3 Å². The fourth-order valence-corrected chi connectivity index (χ4v) is 3.75. The molecule has 0 fully saturated rings.